The lowest BCUT2D eigenvalue weighted by atomic mass is 10.0. The minimum absolute atomic E-state index is 0.279. The molecule has 0 atom stereocenters. The Hall–Kier alpha value is -1.84. The molecular formula is C18H29N3O. The third-order valence-electron chi connectivity index (χ3n) is 3.28. The summed E-state index contributed by atoms with van der Waals surface area (Å²) in [5.74, 6) is 0. The maximum atomic E-state index is 5.52. The lowest BCUT2D eigenvalue weighted by molar-refractivity contribution is 0.000948. The maximum Gasteiger partial charge on any atom is 0.129 e. The molecule has 0 aromatic heterocycles. The van der Waals surface area contributed by atoms with Crippen LogP contribution >= 0.6 is 0 Å². The molecule has 0 heterocycles. The van der Waals surface area contributed by atoms with Gasteiger partial charge in [-0.3, -0.25) is 0 Å². The Morgan fingerprint density at radius 2 is 1.86 bits per heavy atom. The van der Waals surface area contributed by atoms with E-state index in [0.29, 0.717) is 0 Å². The van der Waals surface area contributed by atoms with Crippen molar-refractivity contribution in [3.05, 3.63) is 28.8 Å². The molecule has 0 aliphatic rings. The van der Waals surface area contributed by atoms with Crippen LogP contribution in [0, 0.1) is 13.8 Å². The van der Waals surface area contributed by atoms with Crippen molar-refractivity contribution in [2.75, 3.05) is 13.6 Å². The molecule has 0 aliphatic carbocycles. The van der Waals surface area contributed by atoms with E-state index in [-0.39, 0.29) is 5.60 Å². The molecule has 0 aliphatic heterocycles. The Morgan fingerprint density at radius 3 is 2.41 bits per heavy atom. The molecule has 0 fully saturated rings. The molecular weight excluding hydrogens is 274 g/mol. The first-order valence-corrected chi connectivity index (χ1v) is 7.73. The van der Waals surface area contributed by atoms with Gasteiger partial charge in [-0.2, -0.15) is 0 Å². The van der Waals surface area contributed by atoms with Crippen LogP contribution in [0.1, 0.15) is 51.3 Å². The van der Waals surface area contributed by atoms with Crippen molar-refractivity contribution >= 4 is 17.7 Å². The van der Waals surface area contributed by atoms with Crippen LogP contribution in [0.3, 0.4) is 0 Å². The van der Waals surface area contributed by atoms with Crippen molar-refractivity contribution < 1.29 is 4.84 Å². The van der Waals surface area contributed by atoms with Gasteiger partial charge in [0, 0.05) is 19.2 Å². The van der Waals surface area contributed by atoms with Gasteiger partial charge in [-0.1, -0.05) is 5.16 Å². The van der Waals surface area contributed by atoms with E-state index < -0.39 is 0 Å². The zero-order valence-corrected chi connectivity index (χ0v) is 15.2. The quantitative estimate of drug-likeness (QED) is 0.458. The standard InChI is InChI=1S/C18H29N3O/c1-9-21(8)12-19-17-11-13(2)16(10-14(17)3)15(4)20-22-18(5,6)7/h10-12H,9H2,1-8H3/b19-12?,20-15+. The molecule has 1 aromatic rings. The van der Waals surface area contributed by atoms with Gasteiger partial charge in [-0.05, 0) is 71.7 Å². The van der Waals surface area contributed by atoms with E-state index in [9.17, 15) is 0 Å². The summed E-state index contributed by atoms with van der Waals surface area (Å²) in [6.07, 6.45) is 1.87. The second-order valence-corrected chi connectivity index (χ2v) is 6.65. The van der Waals surface area contributed by atoms with E-state index >= 15 is 0 Å². The highest BCUT2D eigenvalue weighted by Crippen LogP contribution is 2.24. The van der Waals surface area contributed by atoms with Gasteiger partial charge in [0.05, 0.1) is 17.7 Å². The smallest absolute Gasteiger partial charge is 0.129 e. The molecule has 0 N–H and O–H groups in total. The number of benzene rings is 1. The van der Waals surface area contributed by atoms with Gasteiger partial charge in [0.2, 0.25) is 0 Å². The number of aliphatic imine (C=N–C) groups is 1. The fourth-order valence-corrected chi connectivity index (χ4v) is 1.83. The van der Waals surface area contributed by atoms with E-state index in [1.807, 2.05) is 46.0 Å². The largest absolute Gasteiger partial charge is 0.390 e. The summed E-state index contributed by atoms with van der Waals surface area (Å²) in [6.45, 7) is 15.1. The zero-order chi connectivity index (χ0) is 16.9. The SMILES string of the molecule is CCN(C)C=Nc1cc(C)c(/C(C)=N/OC(C)(C)C)cc1C. The number of rotatable bonds is 5. The molecule has 4 nitrogen and oxygen atoms in total. The molecule has 1 aromatic carbocycles. The number of nitrogens with zero attached hydrogens (tertiary/aromatic N) is 3. The Bertz CT molecular complexity index is 568. The number of oxime groups is 1. The van der Waals surface area contributed by atoms with Crippen LogP contribution in [-0.2, 0) is 4.84 Å². The minimum atomic E-state index is -0.279. The van der Waals surface area contributed by atoms with Crippen LogP contribution < -0.4 is 0 Å². The fraction of sp³-hybridized carbons (Fsp3) is 0.556. The number of aryl methyl sites for hydroxylation is 2. The van der Waals surface area contributed by atoms with Gasteiger partial charge in [-0.15, -0.1) is 0 Å². The highest BCUT2D eigenvalue weighted by molar-refractivity contribution is 6.00. The molecule has 0 radical (unpaired) electrons. The van der Waals surface area contributed by atoms with Crippen LogP contribution in [0.25, 0.3) is 0 Å². The molecule has 122 valence electrons. The highest BCUT2D eigenvalue weighted by Gasteiger charge is 2.12. The molecule has 4 heteroatoms. The van der Waals surface area contributed by atoms with Crippen LogP contribution in [0.4, 0.5) is 5.69 Å². The van der Waals surface area contributed by atoms with Gasteiger partial charge in [0.25, 0.3) is 0 Å². The summed E-state index contributed by atoms with van der Waals surface area (Å²) >= 11 is 0. The van der Waals surface area contributed by atoms with E-state index in [1.165, 1.54) is 0 Å². The van der Waals surface area contributed by atoms with Crippen molar-refractivity contribution in [1.82, 2.24) is 4.90 Å². The van der Waals surface area contributed by atoms with Gasteiger partial charge < -0.3 is 9.74 Å². The average molecular weight is 303 g/mol. The van der Waals surface area contributed by atoms with Crippen LogP contribution in [-0.4, -0.2) is 36.1 Å². The van der Waals surface area contributed by atoms with Crippen LogP contribution in [0.5, 0.6) is 0 Å². The van der Waals surface area contributed by atoms with Gasteiger partial charge in [-0.25, -0.2) is 4.99 Å². The normalized spacial score (nSPS) is 12.8. The predicted molar refractivity (Wildman–Crippen MR) is 95.4 cm³/mol. The third kappa shape index (κ3) is 5.51. The first kappa shape index (κ1) is 18.2. The lowest BCUT2D eigenvalue weighted by Gasteiger charge is -2.17. The average Bonchev–Trinajstić information content (AvgIpc) is 2.44. The highest BCUT2D eigenvalue weighted by atomic mass is 16.6. The molecule has 0 unspecified atom stereocenters. The van der Waals surface area contributed by atoms with E-state index in [0.717, 1.165) is 34.6 Å². The molecule has 1 rings (SSSR count). The van der Waals surface area contributed by atoms with Crippen molar-refractivity contribution in [3.63, 3.8) is 0 Å². The first-order valence-electron chi connectivity index (χ1n) is 7.73. The fourth-order valence-electron chi connectivity index (χ4n) is 1.83. The molecule has 0 spiro atoms. The Kier molecular flexibility index (Phi) is 6.15. The molecule has 0 saturated heterocycles. The second-order valence-electron chi connectivity index (χ2n) is 6.65. The van der Waals surface area contributed by atoms with E-state index in [2.05, 4.69) is 43.1 Å². The summed E-state index contributed by atoms with van der Waals surface area (Å²) in [6, 6.07) is 4.22. The predicted octanol–water partition coefficient (Wildman–Crippen LogP) is 4.45. The lowest BCUT2D eigenvalue weighted by Crippen LogP contribution is -2.16. The monoisotopic (exact) mass is 303 g/mol. The van der Waals surface area contributed by atoms with Crippen LogP contribution in [0.2, 0.25) is 0 Å². The topological polar surface area (TPSA) is 37.2 Å². The van der Waals surface area contributed by atoms with Gasteiger partial charge in [0.15, 0.2) is 0 Å². The van der Waals surface area contributed by atoms with Crippen molar-refractivity contribution in [2.24, 2.45) is 10.1 Å². The second kappa shape index (κ2) is 7.43. The molecule has 22 heavy (non-hydrogen) atoms. The van der Waals surface area contributed by atoms with E-state index in [1.54, 1.807) is 0 Å². The minimum Gasteiger partial charge on any atom is -0.390 e. The summed E-state index contributed by atoms with van der Waals surface area (Å²) in [5, 5.41) is 4.25. The molecule has 0 bridgehead atoms. The summed E-state index contributed by atoms with van der Waals surface area (Å²) in [7, 11) is 2.01. The van der Waals surface area contributed by atoms with Gasteiger partial charge >= 0.3 is 0 Å². The van der Waals surface area contributed by atoms with Crippen molar-refractivity contribution in [2.45, 2.75) is 54.1 Å². The molecule has 0 saturated carbocycles. The Morgan fingerprint density at radius 1 is 1.23 bits per heavy atom. The van der Waals surface area contributed by atoms with Crippen molar-refractivity contribution in [1.29, 1.82) is 0 Å². The maximum absolute atomic E-state index is 5.52. The van der Waals surface area contributed by atoms with Crippen molar-refractivity contribution in [3.8, 4) is 0 Å². The zero-order valence-electron chi connectivity index (χ0n) is 15.2. The Labute approximate surface area is 134 Å². The number of hydrogen-bond acceptors (Lipinski definition) is 3. The molecule has 0 amide bonds. The summed E-state index contributed by atoms with van der Waals surface area (Å²) < 4.78 is 0. The summed E-state index contributed by atoms with van der Waals surface area (Å²) in [4.78, 5) is 12.1. The third-order valence-corrected chi connectivity index (χ3v) is 3.28. The number of hydrogen-bond donors (Lipinski definition) is 0. The van der Waals surface area contributed by atoms with Crippen LogP contribution in [0.15, 0.2) is 22.3 Å². The van der Waals surface area contributed by atoms with Gasteiger partial charge in [0.1, 0.15) is 5.60 Å². The Balaban J connectivity index is 3.06. The summed E-state index contributed by atoms with van der Waals surface area (Å²) in [5.41, 5.74) is 4.98. The first-order chi connectivity index (χ1) is 10.1. The van der Waals surface area contributed by atoms with E-state index in [4.69, 9.17) is 4.84 Å².